The van der Waals surface area contributed by atoms with E-state index in [1.54, 1.807) is 12.1 Å². The van der Waals surface area contributed by atoms with E-state index in [2.05, 4.69) is 5.32 Å². The van der Waals surface area contributed by atoms with Gasteiger partial charge in [-0.05, 0) is 30.3 Å². The molecule has 2 aliphatic heterocycles. The van der Waals surface area contributed by atoms with Gasteiger partial charge < -0.3 is 15.2 Å². The molecule has 0 radical (unpaired) electrons. The third-order valence-electron chi connectivity index (χ3n) is 4.51. The number of amides is 2. The molecule has 31 heavy (non-hydrogen) atoms. The van der Waals surface area contributed by atoms with E-state index in [0.29, 0.717) is 16.2 Å². The quantitative estimate of drug-likeness (QED) is 0.268. The lowest BCUT2D eigenvalue weighted by Gasteiger charge is -2.49. The molecule has 3 rings (SSSR count). The second-order valence-corrected chi connectivity index (χ2v) is 8.18. The topological polar surface area (TPSA) is 130 Å². The molecule has 1 saturated heterocycles. The zero-order valence-corrected chi connectivity index (χ0v) is 17.7. The Morgan fingerprint density at radius 1 is 1.26 bits per heavy atom. The van der Waals surface area contributed by atoms with Crippen LogP contribution in [0.3, 0.4) is 0 Å². The number of carbonyl (C=O) groups excluding carboxylic acids is 4. The highest BCUT2D eigenvalue weighted by molar-refractivity contribution is 8.00. The van der Waals surface area contributed by atoms with Gasteiger partial charge in [-0.25, -0.2) is 4.79 Å². The summed E-state index contributed by atoms with van der Waals surface area (Å²) in [6.45, 7) is 0.971. The molecule has 1 aromatic rings. The van der Waals surface area contributed by atoms with Gasteiger partial charge in [0.1, 0.15) is 23.7 Å². The smallest absolute Gasteiger partial charge is 0.352 e. The number of halogens is 1. The molecule has 2 amide bonds. The number of esters is 1. The van der Waals surface area contributed by atoms with Crippen LogP contribution in [0.4, 0.5) is 0 Å². The molecule has 0 bridgehead atoms. The number of carbonyl (C=O) groups is 5. The van der Waals surface area contributed by atoms with Crippen molar-refractivity contribution in [1.82, 2.24) is 10.2 Å². The van der Waals surface area contributed by atoms with Gasteiger partial charge in [-0.15, -0.1) is 11.8 Å². The Kier molecular flexibility index (Phi) is 6.81. The first-order valence-electron chi connectivity index (χ1n) is 9.01. The van der Waals surface area contributed by atoms with Gasteiger partial charge in [0, 0.05) is 34.9 Å². The number of benzene rings is 1. The molecule has 0 aliphatic carbocycles. The number of nitrogens with one attached hydrogen (secondary N) is 1. The molecule has 0 aromatic heterocycles. The first kappa shape index (κ1) is 22.6. The molecule has 2 aliphatic rings. The molecule has 1 fully saturated rings. The van der Waals surface area contributed by atoms with Crippen LogP contribution in [0.1, 0.15) is 17.3 Å². The first-order valence-corrected chi connectivity index (χ1v) is 10.4. The molecular weight excluding hydrogens is 448 g/mol. The van der Waals surface area contributed by atoms with Crippen LogP contribution in [0.5, 0.6) is 0 Å². The highest BCUT2D eigenvalue weighted by Crippen LogP contribution is 2.40. The molecule has 2 heterocycles. The Hall–Kier alpha value is -3.11. The van der Waals surface area contributed by atoms with Crippen molar-refractivity contribution in [2.24, 2.45) is 0 Å². The highest BCUT2D eigenvalue weighted by atomic mass is 35.5. The average Bonchev–Trinajstić information content (AvgIpc) is 2.73. The molecule has 0 spiro atoms. The molecule has 11 heteroatoms. The van der Waals surface area contributed by atoms with Gasteiger partial charge >= 0.3 is 11.9 Å². The number of nitrogens with zero attached hydrogens (tertiary/aromatic N) is 1. The summed E-state index contributed by atoms with van der Waals surface area (Å²) in [5, 5.41) is 11.9. The number of rotatable bonds is 7. The summed E-state index contributed by atoms with van der Waals surface area (Å²) < 4.78 is 4.86. The van der Waals surface area contributed by atoms with Gasteiger partial charge in [0.2, 0.25) is 5.91 Å². The summed E-state index contributed by atoms with van der Waals surface area (Å²) >= 11 is 7.01. The van der Waals surface area contributed by atoms with Gasteiger partial charge in [-0.2, -0.15) is 0 Å². The van der Waals surface area contributed by atoms with Crippen LogP contribution >= 0.6 is 23.4 Å². The number of ether oxygens (including phenoxy) is 1. The molecule has 2 N–H and O–H groups in total. The number of carboxylic acids is 1. The van der Waals surface area contributed by atoms with Gasteiger partial charge in [0.05, 0.1) is 0 Å². The second-order valence-electron chi connectivity index (χ2n) is 6.64. The number of ketones is 1. The van der Waals surface area contributed by atoms with Crippen LogP contribution in [0.25, 0.3) is 0 Å². The fourth-order valence-electron chi connectivity index (χ4n) is 3.05. The maximum Gasteiger partial charge on any atom is 0.352 e. The predicted octanol–water partition coefficient (Wildman–Crippen LogP) is 1.38. The molecular formula is C20H17ClN2O7S. The zero-order chi connectivity index (χ0) is 22.7. The fraction of sp³-hybridized carbons (Fsp3) is 0.250. The number of aliphatic carboxylic acids is 1. The van der Waals surface area contributed by atoms with Crippen LogP contribution in [-0.4, -0.2) is 63.3 Å². The SMILES string of the molecule is CC(=O)OCC1=C(C(=O)O)N2C(=O)[C@@H](NC(=O)C=CC(=O)c3ccc(Cl)cc3)[C@H]2SC1. The standard InChI is InChI=1S/C20H17ClN2O7S/c1-10(24)30-8-12-9-31-19-16(18(27)23(19)17(12)20(28)29)22-15(26)7-6-14(25)11-2-4-13(21)5-3-11/h2-7,16,19H,8-9H2,1H3,(H,22,26)(H,28,29)/t16-,19-/m1/s1. The number of fused-ring (bicyclic) bond motifs is 1. The second kappa shape index (κ2) is 9.36. The fourth-order valence-corrected chi connectivity index (χ4v) is 4.50. The largest absolute Gasteiger partial charge is 0.477 e. The van der Waals surface area contributed by atoms with Crippen LogP contribution in [0, 0.1) is 0 Å². The van der Waals surface area contributed by atoms with Gasteiger partial charge in [-0.3, -0.25) is 24.1 Å². The number of β-lactam (4-membered cyclic amide) rings is 1. The van der Waals surface area contributed by atoms with E-state index in [-0.39, 0.29) is 18.1 Å². The minimum absolute atomic E-state index is 0.223. The number of hydrogen-bond acceptors (Lipinski definition) is 7. The van der Waals surface area contributed by atoms with Crippen LogP contribution < -0.4 is 5.32 Å². The third-order valence-corrected chi connectivity index (χ3v) is 6.10. The third kappa shape index (κ3) is 4.97. The minimum Gasteiger partial charge on any atom is -0.477 e. The lowest BCUT2D eigenvalue weighted by molar-refractivity contribution is -0.150. The normalized spacial score (nSPS) is 20.2. The van der Waals surface area contributed by atoms with E-state index in [1.807, 2.05) is 0 Å². The lowest BCUT2D eigenvalue weighted by Crippen LogP contribution is -2.70. The van der Waals surface area contributed by atoms with Crippen LogP contribution in [0.2, 0.25) is 5.02 Å². The predicted molar refractivity (Wildman–Crippen MR) is 111 cm³/mol. The van der Waals surface area contributed by atoms with Crippen molar-refractivity contribution in [3.05, 3.63) is 58.3 Å². The number of thioether (sulfide) groups is 1. The van der Waals surface area contributed by atoms with Crippen molar-refractivity contribution in [2.45, 2.75) is 18.3 Å². The Morgan fingerprint density at radius 3 is 2.55 bits per heavy atom. The number of hydrogen-bond donors (Lipinski definition) is 2. The van der Waals surface area contributed by atoms with E-state index in [0.717, 1.165) is 17.1 Å². The summed E-state index contributed by atoms with van der Waals surface area (Å²) in [7, 11) is 0. The molecule has 9 nitrogen and oxygen atoms in total. The van der Waals surface area contributed by atoms with Gasteiger partial charge in [0.25, 0.3) is 5.91 Å². The van der Waals surface area contributed by atoms with Crippen molar-refractivity contribution in [1.29, 1.82) is 0 Å². The molecule has 0 saturated carbocycles. The lowest BCUT2D eigenvalue weighted by atomic mass is 10.0. The van der Waals surface area contributed by atoms with E-state index in [9.17, 15) is 29.1 Å². The molecule has 2 atom stereocenters. The van der Waals surface area contributed by atoms with Crippen LogP contribution in [-0.2, 0) is 23.9 Å². The summed E-state index contributed by atoms with van der Waals surface area (Å²) in [6, 6.07) is 5.21. The Bertz CT molecular complexity index is 1020. The summed E-state index contributed by atoms with van der Waals surface area (Å²) in [5.74, 6) is -3.33. The molecule has 1 aromatic carbocycles. The van der Waals surface area contributed by atoms with Crippen LogP contribution in [0.15, 0.2) is 47.7 Å². The average molecular weight is 465 g/mol. The number of carboxylic acid groups (broad SMARTS) is 1. The monoisotopic (exact) mass is 464 g/mol. The number of allylic oxidation sites excluding steroid dienone is 1. The van der Waals surface area contributed by atoms with E-state index < -0.39 is 41.0 Å². The van der Waals surface area contributed by atoms with Gasteiger partial charge in [-0.1, -0.05) is 11.6 Å². The maximum atomic E-state index is 12.5. The molecule has 162 valence electrons. The maximum absolute atomic E-state index is 12.5. The van der Waals surface area contributed by atoms with Gasteiger partial charge in [0.15, 0.2) is 5.78 Å². The Morgan fingerprint density at radius 2 is 1.94 bits per heavy atom. The van der Waals surface area contributed by atoms with Crippen molar-refractivity contribution < 1.29 is 33.8 Å². The summed E-state index contributed by atoms with van der Waals surface area (Å²) in [4.78, 5) is 60.5. The van der Waals surface area contributed by atoms with Crippen molar-refractivity contribution in [3.63, 3.8) is 0 Å². The Balaban J connectivity index is 1.64. The summed E-state index contributed by atoms with van der Waals surface area (Å²) in [5.41, 5.74) is 0.406. The first-order chi connectivity index (χ1) is 14.7. The van der Waals surface area contributed by atoms with Crippen molar-refractivity contribution in [3.8, 4) is 0 Å². The highest BCUT2D eigenvalue weighted by Gasteiger charge is 2.54. The molecule has 0 unspecified atom stereocenters. The Labute approximate surface area is 186 Å². The zero-order valence-electron chi connectivity index (χ0n) is 16.2. The van der Waals surface area contributed by atoms with Crippen molar-refractivity contribution >= 4 is 52.9 Å². The van der Waals surface area contributed by atoms with E-state index in [4.69, 9.17) is 16.3 Å². The summed E-state index contributed by atoms with van der Waals surface area (Å²) in [6.07, 6.45) is 2.09. The van der Waals surface area contributed by atoms with E-state index >= 15 is 0 Å². The van der Waals surface area contributed by atoms with E-state index in [1.165, 1.54) is 30.8 Å². The van der Waals surface area contributed by atoms with Crippen molar-refractivity contribution in [2.75, 3.05) is 12.4 Å². The minimum atomic E-state index is -1.32.